The van der Waals surface area contributed by atoms with Gasteiger partial charge in [0, 0.05) is 23.9 Å². The van der Waals surface area contributed by atoms with Crippen LogP contribution in [0.5, 0.6) is 5.75 Å². The van der Waals surface area contributed by atoms with Crippen molar-refractivity contribution in [2.75, 3.05) is 25.0 Å². The van der Waals surface area contributed by atoms with Crippen LogP contribution >= 0.6 is 11.3 Å². The normalized spacial score (nSPS) is 14.8. The van der Waals surface area contributed by atoms with Crippen molar-refractivity contribution in [3.05, 3.63) is 40.9 Å². The molecule has 0 bridgehead atoms. The molecule has 1 fully saturated rings. The first-order valence-electron chi connectivity index (χ1n) is 9.29. The zero-order valence-electron chi connectivity index (χ0n) is 15.7. The van der Waals surface area contributed by atoms with E-state index in [1.807, 2.05) is 37.3 Å². The summed E-state index contributed by atoms with van der Waals surface area (Å²) in [7, 11) is 0. The number of amides is 2. The van der Waals surface area contributed by atoms with Crippen molar-refractivity contribution in [2.24, 2.45) is 5.92 Å². The van der Waals surface area contributed by atoms with Gasteiger partial charge >= 0.3 is 0 Å². The molecule has 0 saturated carbocycles. The lowest BCUT2D eigenvalue weighted by atomic mass is 9.96. The molecule has 27 heavy (non-hydrogen) atoms. The third kappa shape index (κ3) is 5.07. The fraction of sp³-hybridized carbons (Fsp3) is 0.450. The number of benzene rings is 1. The fourth-order valence-corrected chi connectivity index (χ4v) is 4.07. The molecule has 1 aromatic heterocycles. The number of piperidine rings is 1. The van der Waals surface area contributed by atoms with Crippen molar-refractivity contribution in [3.63, 3.8) is 0 Å². The van der Waals surface area contributed by atoms with E-state index in [9.17, 15) is 9.59 Å². The highest BCUT2D eigenvalue weighted by molar-refractivity contribution is 7.15. The van der Waals surface area contributed by atoms with E-state index in [2.05, 4.69) is 17.2 Å². The number of aromatic nitrogens is 1. The first-order valence-corrected chi connectivity index (χ1v) is 10.1. The summed E-state index contributed by atoms with van der Waals surface area (Å²) >= 11 is 1.52. The number of anilines is 1. The number of carbonyl (C=O) groups is 2. The van der Waals surface area contributed by atoms with Crippen LogP contribution < -0.4 is 10.1 Å². The highest BCUT2D eigenvalue weighted by atomic mass is 32.1. The smallest absolute Gasteiger partial charge is 0.260 e. The predicted molar refractivity (Wildman–Crippen MR) is 106 cm³/mol. The molecule has 0 spiro atoms. The van der Waals surface area contributed by atoms with Crippen molar-refractivity contribution in [1.29, 1.82) is 0 Å². The molecule has 2 amide bonds. The highest BCUT2D eigenvalue weighted by Gasteiger charge is 2.28. The molecule has 1 saturated heterocycles. The van der Waals surface area contributed by atoms with Gasteiger partial charge in [0.15, 0.2) is 11.7 Å². The molecule has 3 rings (SSSR count). The van der Waals surface area contributed by atoms with E-state index in [4.69, 9.17) is 4.74 Å². The molecule has 0 atom stereocenters. The van der Waals surface area contributed by atoms with Crippen LogP contribution in [0.2, 0.25) is 0 Å². The molecule has 144 valence electrons. The summed E-state index contributed by atoms with van der Waals surface area (Å²) in [6.45, 7) is 5.26. The van der Waals surface area contributed by atoms with Gasteiger partial charge in [-0.3, -0.25) is 9.59 Å². The molecule has 0 unspecified atom stereocenters. The Morgan fingerprint density at radius 2 is 1.96 bits per heavy atom. The molecule has 2 aromatic rings. The van der Waals surface area contributed by atoms with Crippen LogP contribution in [0.4, 0.5) is 5.13 Å². The molecule has 2 heterocycles. The van der Waals surface area contributed by atoms with Gasteiger partial charge in [-0.15, -0.1) is 11.3 Å². The Labute approximate surface area is 163 Å². The van der Waals surface area contributed by atoms with Crippen LogP contribution in [0.3, 0.4) is 0 Å². The first-order chi connectivity index (χ1) is 13.1. The molecule has 6 nitrogen and oxygen atoms in total. The van der Waals surface area contributed by atoms with Gasteiger partial charge in [-0.2, -0.15) is 0 Å². The van der Waals surface area contributed by atoms with Crippen LogP contribution in [-0.4, -0.2) is 41.4 Å². The average molecular weight is 388 g/mol. The van der Waals surface area contributed by atoms with Gasteiger partial charge in [-0.25, -0.2) is 4.98 Å². The third-order valence-electron chi connectivity index (χ3n) is 4.78. The molecule has 7 heteroatoms. The monoisotopic (exact) mass is 387 g/mol. The van der Waals surface area contributed by atoms with E-state index < -0.39 is 0 Å². The second kappa shape index (κ2) is 8.99. The second-order valence-electron chi connectivity index (χ2n) is 6.62. The first kappa shape index (κ1) is 19.4. The minimum absolute atomic E-state index is 0.000891. The van der Waals surface area contributed by atoms with Crippen molar-refractivity contribution in [2.45, 2.75) is 33.1 Å². The molecular formula is C20H25N3O3S. The topological polar surface area (TPSA) is 71.5 Å². The number of thiazole rings is 1. The summed E-state index contributed by atoms with van der Waals surface area (Å²) in [6, 6.07) is 9.30. The Hall–Kier alpha value is -2.41. The van der Waals surface area contributed by atoms with Crippen LogP contribution in [-0.2, 0) is 16.0 Å². The van der Waals surface area contributed by atoms with E-state index in [1.54, 1.807) is 4.90 Å². The van der Waals surface area contributed by atoms with Crippen LogP contribution in [0.1, 0.15) is 30.3 Å². The number of nitrogens with zero attached hydrogens (tertiary/aromatic N) is 2. The van der Waals surface area contributed by atoms with Crippen molar-refractivity contribution < 1.29 is 14.3 Å². The SMILES string of the molecule is CCc1nc(NC(=O)C2CCN(C(=O)COc3ccccc3)CC2)sc1C. The molecule has 0 radical (unpaired) electrons. The summed E-state index contributed by atoms with van der Waals surface area (Å²) in [6.07, 6.45) is 2.19. The Bertz CT molecular complexity index is 783. The van der Waals surface area contributed by atoms with Crippen molar-refractivity contribution in [1.82, 2.24) is 9.88 Å². The Balaban J connectivity index is 1.44. The van der Waals surface area contributed by atoms with Gasteiger partial charge in [0.2, 0.25) is 5.91 Å². The van der Waals surface area contributed by atoms with E-state index in [0.29, 0.717) is 36.8 Å². The molecular weight excluding hydrogens is 362 g/mol. The summed E-state index contributed by atoms with van der Waals surface area (Å²) in [5.74, 6) is 0.559. The van der Waals surface area contributed by atoms with E-state index in [1.165, 1.54) is 11.3 Å². The predicted octanol–water partition coefficient (Wildman–Crippen LogP) is 3.27. The maximum atomic E-state index is 12.5. The van der Waals surface area contributed by atoms with Crippen LogP contribution in [0.25, 0.3) is 0 Å². The third-order valence-corrected chi connectivity index (χ3v) is 5.71. The van der Waals surface area contributed by atoms with Gasteiger partial charge in [-0.05, 0) is 38.3 Å². The molecule has 0 aliphatic carbocycles. The second-order valence-corrected chi connectivity index (χ2v) is 7.82. The Kier molecular flexibility index (Phi) is 6.45. The van der Waals surface area contributed by atoms with Crippen molar-refractivity contribution in [3.8, 4) is 5.75 Å². The number of aryl methyl sites for hydroxylation is 2. The fourth-order valence-electron chi connectivity index (χ4n) is 3.16. The zero-order valence-corrected chi connectivity index (χ0v) is 16.6. The number of rotatable bonds is 6. The Morgan fingerprint density at radius 3 is 2.59 bits per heavy atom. The lowest BCUT2D eigenvalue weighted by molar-refractivity contribution is -0.136. The number of hydrogen-bond acceptors (Lipinski definition) is 5. The lowest BCUT2D eigenvalue weighted by Crippen LogP contribution is -2.43. The molecule has 1 N–H and O–H groups in total. The maximum Gasteiger partial charge on any atom is 0.260 e. The van der Waals surface area contributed by atoms with E-state index in [-0.39, 0.29) is 24.3 Å². The summed E-state index contributed by atoms with van der Waals surface area (Å²) in [5, 5.41) is 3.61. The maximum absolute atomic E-state index is 12.5. The van der Waals surface area contributed by atoms with E-state index in [0.717, 1.165) is 17.0 Å². The van der Waals surface area contributed by atoms with Gasteiger partial charge in [0.1, 0.15) is 5.75 Å². The molecule has 1 aliphatic heterocycles. The summed E-state index contributed by atoms with van der Waals surface area (Å²) in [5.41, 5.74) is 1.04. The Morgan fingerprint density at radius 1 is 1.26 bits per heavy atom. The number of para-hydroxylation sites is 1. The standard InChI is InChI=1S/C20H25N3O3S/c1-3-17-14(2)27-20(21-17)22-19(25)15-9-11-23(12-10-15)18(24)13-26-16-7-5-4-6-8-16/h4-8,15H,3,9-13H2,1-2H3,(H,21,22,25). The number of hydrogen-bond donors (Lipinski definition) is 1. The largest absolute Gasteiger partial charge is 0.484 e. The number of nitrogens with one attached hydrogen (secondary N) is 1. The number of carbonyl (C=O) groups excluding carboxylic acids is 2. The van der Waals surface area contributed by atoms with Crippen LogP contribution in [0.15, 0.2) is 30.3 Å². The molecule has 1 aromatic carbocycles. The summed E-state index contributed by atoms with van der Waals surface area (Å²) < 4.78 is 5.52. The average Bonchev–Trinajstić information content (AvgIpc) is 3.06. The minimum atomic E-state index is -0.0848. The number of ether oxygens (including phenoxy) is 1. The van der Waals surface area contributed by atoms with Crippen LogP contribution in [0, 0.1) is 12.8 Å². The zero-order chi connectivity index (χ0) is 19.2. The lowest BCUT2D eigenvalue weighted by Gasteiger charge is -2.31. The van der Waals surface area contributed by atoms with Gasteiger partial charge in [-0.1, -0.05) is 25.1 Å². The number of likely N-dealkylation sites (tertiary alicyclic amines) is 1. The summed E-state index contributed by atoms with van der Waals surface area (Å²) in [4.78, 5) is 32.2. The molecule has 1 aliphatic rings. The van der Waals surface area contributed by atoms with Crippen molar-refractivity contribution >= 4 is 28.3 Å². The van der Waals surface area contributed by atoms with E-state index >= 15 is 0 Å². The highest BCUT2D eigenvalue weighted by Crippen LogP contribution is 2.25. The van der Waals surface area contributed by atoms with Gasteiger partial charge < -0.3 is 15.0 Å². The minimum Gasteiger partial charge on any atom is -0.484 e. The van der Waals surface area contributed by atoms with Gasteiger partial charge in [0.05, 0.1) is 5.69 Å². The quantitative estimate of drug-likeness (QED) is 0.826. The van der Waals surface area contributed by atoms with Gasteiger partial charge in [0.25, 0.3) is 5.91 Å².